The van der Waals surface area contributed by atoms with E-state index in [4.69, 9.17) is 0 Å². The topological polar surface area (TPSA) is 61.6 Å². The highest BCUT2D eigenvalue weighted by atomic mass is 79.9. The Morgan fingerprint density at radius 1 is 1.04 bits per heavy atom. The van der Waals surface area contributed by atoms with Gasteiger partial charge in [-0.2, -0.15) is 0 Å². The van der Waals surface area contributed by atoms with Gasteiger partial charge >= 0.3 is 5.84 Å². The Hall–Kier alpha value is -2.18. The first-order chi connectivity index (χ1) is 12.1. The van der Waals surface area contributed by atoms with Crippen molar-refractivity contribution >= 4 is 33.7 Å². The summed E-state index contributed by atoms with van der Waals surface area (Å²) >= 11 is 3.39. The van der Waals surface area contributed by atoms with Crippen molar-refractivity contribution in [3.63, 3.8) is 0 Å². The first-order valence-corrected chi connectivity index (χ1v) is 9.15. The maximum Gasteiger partial charge on any atom is 0.316 e. The molecule has 2 aromatic carbocycles. The van der Waals surface area contributed by atoms with Gasteiger partial charge in [-0.15, -0.1) is 0 Å². The molecule has 2 aromatic rings. The molecule has 5 nitrogen and oxygen atoms in total. The number of amidine groups is 1. The Balaban J connectivity index is 1.86. The molecule has 0 aromatic heterocycles. The van der Waals surface area contributed by atoms with Gasteiger partial charge in [0.25, 0.3) is 0 Å². The van der Waals surface area contributed by atoms with Crippen LogP contribution in [0.4, 0.5) is 5.69 Å². The Morgan fingerprint density at radius 3 is 2.12 bits per heavy atom. The SMILES string of the molecule is CC1(C)N([O])C(c2ccc(C=Nc3ccc(Br)cc3)cc2)=[N+]([O-])C1(C)C. The minimum Gasteiger partial charge on any atom is -0.714 e. The highest BCUT2D eigenvalue weighted by Crippen LogP contribution is 2.37. The predicted octanol–water partition coefficient (Wildman–Crippen LogP) is 4.67. The molecule has 0 unspecified atom stereocenters. The third-order valence-corrected chi connectivity index (χ3v) is 5.78. The van der Waals surface area contributed by atoms with Crippen LogP contribution in [-0.4, -0.2) is 32.9 Å². The van der Waals surface area contributed by atoms with E-state index in [-0.39, 0.29) is 5.84 Å². The summed E-state index contributed by atoms with van der Waals surface area (Å²) in [6.45, 7) is 7.16. The van der Waals surface area contributed by atoms with Crippen LogP contribution in [0.3, 0.4) is 0 Å². The van der Waals surface area contributed by atoms with E-state index >= 15 is 0 Å². The van der Waals surface area contributed by atoms with Gasteiger partial charge in [0.15, 0.2) is 5.54 Å². The van der Waals surface area contributed by atoms with Crippen molar-refractivity contribution in [2.45, 2.75) is 38.8 Å². The van der Waals surface area contributed by atoms with Crippen molar-refractivity contribution in [1.82, 2.24) is 5.06 Å². The average molecular weight is 415 g/mol. The maximum atomic E-state index is 12.7. The second kappa shape index (κ2) is 6.52. The zero-order valence-electron chi connectivity index (χ0n) is 15.2. The zero-order chi connectivity index (χ0) is 19.1. The highest BCUT2D eigenvalue weighted by molar-refractivity contribution is 9.10. The lowest BCUT2D eigenvalue weighted by Gasteiger charge is -2.32. The van der Waals surface area contributed by atoms with Gasteiger partial charge in [-0.1, -0.05) is 33.1 Å². The number of hydrogen-bond donors (Lipinski definition) is 0. The number of rotatable bonds is 3. The van der Waals surface area contributed by atoms with E-state index in [2.05, 4.69) is 20.9 Å². The van der Waals surface area contributed by atoms with Crippen LogP contribution < -0.4 is 0 Å². The predicted molar refractivity (Wildman–Crippen MR) is 106 cm³/mol. The molecule has 0 saturated carbocycles. The molecule has 0 aliphatic carbocycles. The van der Waals surface area contributed by atoms with Crippen molar-refractivity contribution in [2.75, 3.05) is 0 Å². The smallest absolute Gasteiger partial charge is 0.316 e. The summed E-state index contributed by atoms with van der Waals surface area (Å²) < 4.78 is 1.83. The Bertz CT molecular complexity index is 869. The second-order valence-corrected chi connectivity index (χ2v) is 8.30. The van der Waals surface area contributed by atoms with Gasteiger partial charge in [0.05, 0.1) is 11.3 Å². The fourth-order valence-corrected chi connectivity index (χ4v) is 3.00. The summed E-state index contributed by atoms with van der Waals surface area (Å²) in [5.74, 6) is 0.149. The van der Waals surface area contributed by atoms with Crippen LogP contribution in [0, 0.1) is 5.21 Å². The molecule has 1 aliphatic heterocycles. The van der Waals surface area contributed by atoms with Crippen LogP contribution in [0.5, 0.6) is 0 Å². The van der Waals surface area contributed by atoms with Crippen LogP contribution >= 0.6 is 15.9 Å². The van der Waals surface area contributed by atoms with E-state index in [0.717, 1.165) is 25.5 Å². The fraction of sp³-hybridized carbons (Fsp3) is 0.300. The van der Waals surface area contributed by atoms with Gasteiger partial charge in [0, 0.05) is 15.9 Å². The second-order valence-electron chi connectivity index (χ2n) is 7.39. The Labute approximate surface area is 162 Å². The largest absolute Gasteiger partial charge is 0.714 e. The minimum absolute atomic E-state index is 0.149. The molecule has 26 heavy (non-hydrogen) atoms. The number of hydroxylamine groups is 3. The molecule has 0 fully saturated rings. The summed E-state index contributed by atoms with van der Waals surface area (Å²) in [6.07, 6.45) is 1.75. The first-order valence-electron chi connectivity index (χ1n) is 8.36. The van der Waals surface area contributed by atoms with Crippen molar-refractivity contribution in [1.29, 1.82) is 0 Å². The van der Waals surface area contributed by atoms with Crippen molar-refractivity contribution < 1.29 is 9.95 Å². The van der Waals surface area contributed by atoms with E-state index in [1.807, 2.05) is 36.4 Å². The molecule has 0 amide bonds. The number of nitrogens with zero attached hydrogens (tertiary/aromatic N) is 3. The first kappa shape index (κ1) is 18.6. The molecule has 0 atom stereocenters. The number of hydrogen-bond acceptors (Lipinski definition) is 3. The standard InChI is InChI=1S/C20H21BrN3O2/c1-19(2)20(3,4)24(26)18(23(19)25)15-7-5-14(6-8-15)13-22-17-11-9-16(21)10-12-17/h5-13H,1-4H3. The summed E-state index contributed by atoms with van der Waals surface area (Å²) in [7, 11) is 0. The van der Waals surface area contributed by atoms with Gasteiger partial charge in [0.2, 0.25) is 0 Å². The van der Waals surface area contributed by atoms with Crippen molar-refractivity contribution in [2.24, 2.45) is 4.99 Å². The fourth-order valence-electron chi connectivity index (χ4n) is 2.74. The third-order valence-electron chi connectivity index (χ3n) is 5.26. The van der Waals surface area contributed by atoms with E-state index in [1.54, 1.807) is 46.0 Å². The van der Waals surface area contributed by atoms with Crippen molar-refractivity contribution in [3.8, 4) is 0 Å². The summed E-state index contributed by atoms with van der Waals surface area (Å²) in [5.41, 5.74) is 0.720. The molecule has 1 radical (unpaired) electrons. The molecule has 6 heteroatoms. The van der Waals surface area contributed by atoms with E-state index in [1.165, 1.54) is 0 Å². The molecule has 1 aliphatic rings. The van der Waals surface area contributed by atoms with Crippen LogP contribution in [0.2, 0.25) is 0 Å². The lowest BCUT2D eigenvalue weighted by atomic mass is 9.84. The molecule has 3 rings (SSSR count). The summed E-state index contributed by atoms with van der Waals surface area (Å²) in [5, 5.41) is 26.2. The molecule has 0 saturated heterocycles. The van der Waals surface area contributed by atoms with E-state index in [0.29, 0.717) is 5.56 Å². The lowest BCUT2D eigenvalue weighted by molar-refractivity contribution is -0.539. The molecule has 0 bridgehead atoms. The summed E-state index contributed by atoms with van der Waals surface area (Å²) in [4.78, 5) is 4.42. The van der Waals surface area contributed by atoms with E-state index < -0.39 is 11.1 Å². The van der Waals surface area contributed by atoms with Crippen LogP contribution in [0.15, 0.2) is 58.0 Å². The van der Waals surface area contributed by atoms with Gasteiger partial charge < -0.3 is 5.21 Å². The number of halogens is 1. The minimum atomic E-state index is -0.814. The quantitative estimate of drug-likeness (QED) is 0.415. The van der Waals surface area contributed by atoms with Crippen LogP contribution in [-0.2, 0) is 5.21 Å². The molecular formula is C20H21BrN3O2. The molecule has 1 heterocycles. The highest BCUT2D eigenvalue weighted by Gasteiger charge is 2.59. The maximum absolute atomic E-state index is 12.7. The van der Waals surface area contributed by atoms with Crippen LogP contribution in [0.1, 0.15) is 38.8 Å². The summed E-state index contributed by atoms with van der Waals surface area (Å²) in [6, 6.07) is 15.0. The molecular weight excluding hydrogens is 394 g/mol. The van der Waals surface area contributed by atoms with Gasteiger partial charge in [-0.3, -0.25) is 9.73 Å². The normalized spacial score (nSPS) is 18.8. The van der Waals surface area contributed by atoms with Gasteiger partial charge in [-0.25, -0.2) is 0 Å². The molecule has 135 valence electrons. The van der Waals surface area contributed by atoms with E-state index in [9.17, 15) is 10.4 Å². The van der Waals surface area contributed by atoms with Crippen LogP contribution in [0.25, 0.3) is 0 Å². The van der Waals surface area contributed by atoms with Crippen molar-refractivity contribution in [3.05, 3.63) is 69.3 Å². The molecule has 0 spiro atoms. The Morgan fingerprint density at radius 2 is 1.62 bits per heavy atom. The number of aliphatic imine (C=N–C) groups is 1. The van der Waals surface area contributed by atoms with Gasteiger partial charge in [-0.05, 0) is 69.7 Å². The lowest BCUT2D eigenvalue weighted by Crippen LogP contribution is -2.53. The third kappa shape index (κ3) is 3.04. The monoisotopic (exact) mass is 414 g/mol. The van der Waals surface area contributed by atoms with Gasteiger partial charge in [0.1, 0.15) is 5.54 Å². The molecule has 0 N–H and O–H groups in total. The number of benzene rings is 2. The average Bonchev–Trinajstić information content (AvgIpc) is 2.73. The zero-order valence-corrected chi connectivity index (χ0v) is 16.8. The Kier molecular flexibility index (Phi) is 4.67.